The number of carbonyl (C=O) groups excluding carboxylic acids is 1. The molecule has 0 aliphatic carbocycles. The van der Waals surface area contributed by atoms with Gasteiger partial charge in [-0.25, -0.2) is 0 Å². The Kier molecular flexibility index (Phi) is 5.08. The first-order valence-electron chi connectivity index (χ1n) is 5.70. The maximum absolute atomic E-state index is 12.7. The third kappa shape index (κ3) is 4.27. The van der Waals surface area contributed by atoms with Crippen LogP contribution >= 0.6 is 0 Å². The third-order valence-electron chi connectivity index (χ3n) is 2.65. The highest BCUT2D eigenvalue weighted by atomic mass is 19.4. The molecule has 1 amide bonds. The second-order valence-corrected chi connectivity index (χ2v) is 4.36. The predicted octanol–water partition coefficient (Wildman–Crippen LogP) is 1.02. The van der Waals surface area contributed by atoms with E-state index >= 15 is 0 Å². The van der Waals surface area contributed by atoms with Crippen LogP contribution in [-0.4, -0.2) is 61.8 Å². The highest BCUT2D eigenvalue weighted by Gasteiger charge is 2.63. The van der Waals surface area contributed by atoms with Crippen molar-refractivity contribution in [2.24, 2.45) is 0 Å². The van der Waals surface area contributed by atoms with Crippen LogP contribution in [0.4, 0.5) is 22.0 Å². The van der Waals surface area contributed by atoms with Gasteiger partial charge in [0.25, 0.3) is 0 Å². The van der Waals surface area contributed by atoms with Gasteiger partial charge in [-0.1, -0.05) is 0 Å². The van der Waals surface area contributed by atoms with Gasteiger partial charge >= 0.3 is 18.0 Å². The number of amides is 1. The maximum atomic E-state index is 12.7. The summed E-state index contributed by atoms with van der Waals surface area (Å²) in [6.45, 7) is 3.62. The zero-order valence-corrected chi connectivity index (χ0v) is 10.3. The molecule has 112 valence electrons. The summed E-state index contributed by atoms with van der Waals surface area (Å²) in [5.74, 6) is -7.69. The Bertz CT molecular complexity index is 316. The van der Waals surface area contributed by atoms with Crippen molar-refractivity contribution in [3.63, 3.8) is 0 Å². The number of halogens is 5. The zero-order chi connectivity index (χ0) is 14.7. The normalized spacial score (nSPS) is 20.1. The van der Waals surface area contributed by atoms with Gasteiger partial charge in [0.15, 0.2) is 0 Å². The molecule has 0 saturated carbocycles. The quantitative estimate of drug-likeness (QED) is 0.786. The molecule has 0 aromatic heterocycles. The van der Waals surface area contributed by atoms with Gasteiger partial charge in [0.1, 0.15) is 0 Å². The Hall–Kier alpha value is -0.960. The van der Waals surface area contributed by atoms with Gasteiger partial charge in [-0.15, -0.1) is 0 Å². The van der Waals surface area contributed by atoms with Gasteiger partial charge in [-0.05, 0) is 6.92 Å². The first-order chi connectivity index (χ1) is 8.64. The number of morpholine rings is 1. The smallest absolute Gasteiger partial charge is 0.379 e. The Morgan fingerprint density at radius 2 is 1.79 bits per heavy atom. The van der Waals surface area contributed by atoms with Crippen molar-refractivity contribution in [3.8, 4) is 0 Å². The lowest BCUT2D eigenvalue weighted by Gasteiger charge is -2.30. The fourth-order valence-electron chi connectivity index (χ4n) is 1.66. The summed E-state index contributed by atoms with van der Waals surface area (Å²) in [4.78, 5) is 12.8. The summed E-state index contributed by atoms with van der Waals surface area (Å²) >= 11 is 0. The molecule has 0 spiro atoms. The Labute approximate surface area is 106 Å². The van der Waals surface area contributed by atoms with Crippen LogP contribution < -0.4 is 5.32 Å². The summed E-state index contributed by atoms with van der Waals surface area (Å²) in [7, 11) is 0. The second kappa shape index (κ2) is 6.00. The fourth-order valence-corrected chi connectivity index (χ4v) is 1.66. The van der Waals surface area contributed by atoms with Gasteiger partial charge in [-0.3, -0.25) is 9.69 Å². The molecule has 0 radical (unpaired) electrons. The van der Waals surface area contributed by atoms with E-state index in [1.807, 2.05) is 4.90 Å². The molecule has 4 nitrogen and oxygen atoms in total. The molecule has 0 bridgehead atoms. The number of alkyl halides is 5. The molecule has 9 heteroatoms. The average molecular weight is 290 g/mol. The molecule has 1 atom stereocenters. The number of rotatable bonds is 4. The van der Waals surface area contributed by atoms with Gasteiger partial charge < -0.3 is 10.1 Å². The van der Waals surface area contributed by atoms with E-state index in [1.165, 1.54) is 6.92 Å². The number of hydrogen-bond donors (Lipinski definition) is 1. The average Bonchev–Trinajstić information content (AvgIpc) is 2.28. The Morgan fingerprint density at radius 1 is 1.26 bits per heavy atom. The van der Waals surface area contributed by atoms with E-state index in [9.17, 15) is 26.7 Å². The summed E-state index contributed by atoms with van der Waals surface area (Å²) in [6.07, 6.45) is -5.88. The SMILES string of the molecule is CC(CN1CCOCC1)NC(=O)C(F)(F)C(F)(F)F. The highest BCUT2D eigenvalue weighted by Crippen LogP contribution is 2.35. The summed E-state index contributed by atoms with van der Waals surface area (Å²) in [5.41, 5.74) is 0. The second-order valence-electron chi connectivity index (χ2n) is 4.36. The standard InChI is InChI=1S/C10H15F5N2O2/c1-7(6-17-2-4-19-5-3-17)16-8(18)9(11,12)10(13,14)15/h7H,2-6H2,1H3,(H,16,18). The lowest BCUT2D eigenvalue weighted by Crippen LogP contribution is -2.54. The van der Waals surface area contributed by atoms with E-state index in [4.69, 9.17) is 4.74 Å². The lowest BCUT2D eigenvalue weighted by molar-refractivity contribution is -0.270. The van der Waals surface area contributed by atoms with Crippen LogP contribution in [0, 0.1) is 0 Å². The minimum absolute atomic E-state index is 0.197. The molecule has 0 aromatic rings. The minimum Gasteiger partial charge on any atom is -0.379 e. The molecule has 1 rings (SSSR count). The molecule has 0 aromatic carbocycles. The zero-order valence-electron chi connectivity index (χ0n) is 10.3. The third-order valence-corrected chi connectivity index (χ3v) is 2.65. The van der Waals surface area contributed by atoms with Crippen LogP contribution in [-0.2, 0) is 9.53 Å². The summed E-state index contributed by atoms with van der Waals surface area (Å²) in [6, 6.07) is -0.807. The number of hydrogen-bond acceptors (Lipinski definition) is 3. The molecular weight excluding hydrogens is 275 g/mol. The summed E-state index contributed by atoms with van der Waals surface area (Å²) < 4.78 is 66.3. The predicted molar refractivity (Wildman–Crippen MR) is 55.9 cm³/mol. The van der Waals surface area contributed by atoms with Crippen molar-refractivity contribution in [2.75, 3.05) is 32.8 Å². The van der Waals surface area contributed by atoms with Crippen molar-refractivity contribution in [1.29, 1.82) is 0 Å². The van der Waals surface area contributed by atoms with Gasteiger partial charge in [0.2, 0.25) is 0 Å². The summed E-state index contributed by atoms with van der Waals surface area (Å²) in [5, 5.41) is 1.68. The molecule has 1 fully saturated rings. The lowest BCUT2D eigenvalue weighted by atomic mass is 10.2. The van der Waals surface area contributed by atoms with E-state index < -0.39 is 24.0 Å². The molecule has 1 unspecified atom stereocenters. The number of ether oxygens (including phenoxy) is 1. The van der Waals surface area contributed by atoms with Crippen LogP contribution in [0.1, 0.15) is 6.92 Å². The topological polar surface area (TPSA) is 41.6 Å². The Morgan fingerprint density at radius 3 is 2.26 bits per heavy atom. The molecule has 1 N–H and O–H groups in total. The van der Waals surface area contributed by atoms with Crippen LogP contribution in [0.25, 0.3) is 0 Å². The van der Waals surface area contributed by atoms with Crippen molar-refractivity contribution >= 4 is 5.91 Å². The van der Waals surface area contributed by atoms with Crippen molar-refractivity contribution < 1.29 is 31.5 Å². The fraction of sp³-hybridized carbons (Fsp3) is 0.900. The number of nitrogens with one attached hydrogen (secondary N) is 1. The van der Waals surface area contributed by atoms with Crippen molar-refractivity contribution in [3.05, 3.63) is 0 Å². The van der Waals surface area contributed by atoms with E-state index in [2.05, 4.69) is 0 Å². The van der Waals surface area contributed by atoms with E-state index in [0.29, 0.717) is 26.3 Å². The first-order valence-corrected chi connectivity index (χ1v) is 5.70. The molecular formula is C10H15F5N2O2. The van der Waals surface area contributed by atoms with E-state index in [1.54, 1.807) is 5.32 Å². The minimum atomic E-state index is -5.88. The van der Waals surface area contributed by atoms with Crippen LogP contribution in [0.2, 0.25) is 0 Å². The maximum Gasteiger partial charge on any atom is 0.463 e. The van der Waals surface area contributed by atoms with E-state index in [0.717, 1.165) is 0 Å². The van der Waals surface area contributed by atoms with Crippen LogP contribution in [0.3, 0.4) is 0 Å². The monoisotopic (exact) mass is 290 g/mol. The molecule has 1 saturated heterocycles. The Balaban J connectivity index is 2.47. The number of carbonyl (C=O) groups is 1. The van der Waals surface area contributed by atoms with Crippen LogP contribution in [0.5, 0.6) is 0 Å². The van der Waals surface area contributed by atoms with Gasteiger partial charge in [0, 0.05) is 25.7 Å². The molecule has 1 aliphatic rings. The number of nitrogens with zero attached hydrogens (tertiary/aromatic N) is 1. The molecule has 1 heterocycles. The van der Waals surface area contributed by atoms with Gasteiger partial charge in [0.05, 0.1) is 13.2 Å². The molecule has 19 heavy (non-hydrogen) atoms. The van der Waals surface area contributed by atoms with Crippen molar-refractivity contribution in [1.82, 2.24) is 10.2 Å². The van der Waals surface area contributed by atoms with Gasteiger partial charge in [-0.2, -0.15) is 22.0 Å². The largest absolute Gasteiger partial charge is 0.463 e. The van der Waals surface area contributed by atoms with Crippen LogP contribution in [0.15, 0.2) is 0 Å². The first kappa shape index (κ1) is 16.1. The van der Waals surface area contributed by atoms with E-state index in [-0.39, 0.29) is 6.54 Å². The van der Waals surface area contributed by atoms with Crippen molar-refractivity contribution in [2.45, 2.75) is 25.1 Å². The molecule has 1 aliphatic heterocycles. The highest BCUT2D eigenvalue weighted by molar-refractivity contribution is 5.84.